The lowest BCUT2D eigenvalue weighted by molar-refractivity contribution is -0.113. The summed E-state index contributed by atoms with van der Waals surface area (Å²) in [6, 6.07) is 11.9. The molecule has 0 spiro atoms. The van der Waals surface area contributed by atoms with Gasteiger partial charge in [-0.1, -0.05) is 30.3 Å². The smallest absolute Gasteiger partial charge is 0.239 e. The van der Waals surface area contributed by atoms with Gasteiger partial charge in [-0.2, -0.15) is 5.26 Å². The minimum atomic E-state index is -0.306. The van der Waals surface area contributed by atoms with Crippen molar-refractivity contribution in [2.45, 2.75) is 6.92 Å². The van der Waals surface area contributed by atoms with E-state index in [1.807, 2.05) is 37.3 Å². The van der Waals surface area contributed by atoms with Gasteiger partial charge in [-0.3, -0.25) is 4.79 Å². The SMILES string of the molecule is Cc1c(-c2ccccc2)sc(NC(=O)CCl)c1C#N. The molecule has 0 saturated carbocycles. The first-order chi connectivity index (χ1) is 9.17. The third-order valence-corrected chi connectivity index (χ3v) is 4.17. The highest BCUT2D eigenvalue weighted by molar-refractivity contribution is 7.20. The highest BCUT2D eigenvalue weighted by Crippen LogP contribution is 2.39. The van der Waals surface area contributed by atoms with Crippen molar-refractivity contribution in [1.82, 2.24) is 0 Å². The highest BCUT2D eigenvalue weighted by Gasteiger charge is 2.17. The van der Waals surface area contributed by atoms with Crippen LogP contribution in [-0.2, 0) is 4.79 Å². The maximum atomic E-state index is 11.4. The molecule has 0 aliphatic rings. The van der Waals surface area contributed by atoms with Crippen molar-refractivity contribution in [3.05, 3.63) is 41.5 Å². The Labute approximate surface area is 120 Å². The second kappa shape index (κ2) is 5.87. The second-order valence-corrected chi connectivity index (χ2v) is 5.21. The number of hydrogen-bond acceptors (Lipinski definition) is 3. The van der Waals surface area contributed by atoms with E-state index < -0.39 is 0 Å². The van der Waals surface area contributed by atoms with Gasteiger partial charge in [-0.15, -0.1) is 22.9 Å². The fraction of sp³-hybridized carbons (Fsp3) is 0.143. The number of carbonyl (C=O) groups is 1. The lowest BCUT2D eigenvalue weighted by Crippen LogP contribution is -2.12. The molecule has 0 atom stereocenters. The van der Waals surface area contributed by atoms with E-state index in [-0.39, 0.29) is 11.8 Å². The van der Waals surface area contributed by atoms with Crippen LogP contribution in [0.3, 0.4) is 0 Å². The van der Waals surface area contributed by atoms with Gasteiger partial charge in [-0.25, -0.2) is 0 Å². The van der Waals surface area contributed by atoms with Gasteiger partial charge >= 0.3 is 0 Å². The van der Waals surface area contributed by atoms with E-state index in [1.165, 1.54) is 11.3 Å². The third kappa shape index (κ3) is 2.78. The van der Waals surface area contributed by atoms with Gasteiger partial charge in [0, 0.05) is 4.88 Å². The van der Waals surface area contributed by atoms with Crippen LogP contribution in [0.4, 0.5) is 5.00 Å². The van der Waals surface area contributed by atoms with Crippen LogP contribution in [0.2, 0.25) is 0 Å². The number of amides is 1. The van der Waals surface area contributed by atoms with E-state index in [1.54, 1.807) is 0 Å². The number of hydrogen-bond donors (Lipinski definition) is 1. The zero-order valence-electron chi connectivity index (χ0n) is 10.2. The Morgan fingerprint density at radius 3 is 2.68 bits per heavy atom. The van der Waals surface area contributed by atoms with Gasteiger partial charge in [0.05, 0.1) is 5.56 Å². The molecule has 0 unspecified atom stereocenters. The summed E-state index contributed by atoms with van der Waals surface area (Å²) in [6.45, 7) is 1.88. The van der Waals surface area contributed by atoms with Crippen LogP contribution >= 0.6 is 22.9 Å². The van der Waals surface area contributed by atoms with Crippen LogP contribution < -0.4 is 5.32 Å². The lowest BCUT2D eigenvalue weighted by Gasteiger charge is -1.98. The average Bonchev–Trinajstić information content (AvgIpc) is 2.75. The Balaban J connectivity index is 2.48. The largest absolute Gasteiger partial charge is 0.316 e. The number of nitrogens with one attached hydrogen (secondary N) is 1. The molecule has 1 N–H and O–H groups in total. The van der Waals surface area contributed by atoms with E-state index in [0.29, 0.717) is 10.6 Å². The Hall–Kier alpha value is -1.83. The molecular formula is C14H11ClN2OS. The van der Waals surface area contributed by atoms with Crippen LogP contribution in [-0.4, -0.2) is 11.8 Å². The van der Waals surface area contributed by atoms with Gasteiger partial charge in [-0.05, 0) is 18.1 Å². The van der Waals surface area contributed by atoms with Gasteiger partial charge < -0.3 is 5.32 Å². The Morgan fingerprint density at radius 1 is 1.42 bits per heavy atom. The molecular weight excluding hydrogens is 280 g/mol. The van der Waals surface area contributed by atoms with E-state index in [2.05, 4.69) is 11.4 Å². The van der Waals surface area contributed by atoms with Crippen molar-refractivity contribution < 1.29 is 4.79 Å². The van der Waals surface area contributed by atoms with Crippen molar-refractivity contribution in [2.24, 2.45) is 0 Å². The van der Waals surface area contributed by atoms with Crippen LogP contribution in [0.15, 0.2) is 30.3 Å². The van der Waals surface area contributed by atoms with Gasteiger partial charge in [0.1, 0.15) is 17.0 Å². The number of anilines is 1. The molecule has 0 aliphatic carbocycles. The summed E-state index contributed by atoms with van der Waals surface area (Å²) >= 11 is 6.87. The summed E-state index contributed by atoms with van der Waals surface area (Å²) in [5, 5.41) is 12.4. The first-order valence-electron chi connectivity index (χ1n) is 5.62. The summed E-state index contributed by atoms with van der Waals surface area (Å²) in [6.07, 6.45) is 0. The molecule has 19 heavy (non-hydrogen) atoms. The fourth-order valence-electron chi connectivity index (χ4n) is 1.76. The summed E-state index contributed by atoms with van der Waals surface area (Å²) in [4.78, 5) is 12.3. The Morgan fingerprint density at radius 2 is 2.11 bits per heavy atom. The van der Waals surface area contributed by atoms with E-state index in [0.717, 1.165) is 16.0 Å². The minimum Gasteiger partial charge on any atom is -0.316 e. The quantitative estimate of drug-likeness (QED) is 0.875. The molecule has 1 aromatic heterocycles. The monoisotopic (exact) mass is 290 g/mol. The molecule has 5 heteroatoms. The van der Waals surface area contributed by atoms with Gasteiger partial charge in [0.15, 0.2) is 0 Å². The number of carbonyl (C=O) groups excluding carboxylic acids is 1. The van der Waals surface area contributed by atoms with E-state index in [9.17, 15) is 10.1 Å². The standard InChI is InChI=1S/C14H11ClN2OS/c1-9-11(8-16)14(17-12(18)7-15)19-13(9)10-5-3-2-4-6-10/h2-6H,7H2,1H3,(H,17,18). The van der Waals surface area contributed by atoms with Crippen LogP contribution in [0.5, 0.6) is 0 Å². The number of halogens is 1. The molecule has 2 aromatic rings. The molecule has 0 fully saturated rings. The van der Waals surface area contributed by atoms with Crippen molar-refractivity contribution in [1.29, 1.82) is 5.26 Å². The molecule has 0 radical (unpaired) electrons. The fourth-order valence-corrected chi connectivity index (χ4v) is 3.01. The van der Waals surface area contributed by atoms with Crippen LogP contribution in [0, 0.1) is 18.3 Å². The van der Waals surface area contributed by atoms with E-state index >= 15 is 0 Å². The van der Waals surface area contributed by atoms with Crippen molar-refractivity contribution in [3.8, 4) is 16.5 Å². The summed E-state index contributed by atoms with van der Waals surface area (Å²) in [5.74, 6) is -0.429. The molecule has 96 valence electrons. The lowest BCUT2D eigenvalue weighted by atomic mass is 10.1. The molecule has 0 bridgehead atoms. The first kappa shape index (κ1) is 13.6. The summed E-state index contributed by atoms with van der Waals surface area (Å²) < 4.78 is 0. The predicted octanol–water partition coefficient (Wildman–Crippen LogP) is 3.77. The van der Waals surface area contributed by atoms with Crippen molar-refractivity contribution in [3.63, 3.8) is 0 Å². The molecule has 0 aliphatic heterocycles. The number of nitriles is 1. The van der Waals surface area contributed by atoms with E-state index in [4.69, 9.17) is 11.6 Å². The maximum Gasteiger partial charge on any atom is 0.239 e. The zero-order valence-corrected chi connectivity index (χ0v) is 11.8. The Kier molecular flexibility index (Phi) is 4.20. The van der Waals surface area contributed by atoms with Crippen LogP contribution in [0.1, 0.15) is 11.1 Å². The topological polar surface area (TPSA) is 52.9 Å². The zero-order chi connectivity index (χ0) is 13.8. The van der Waals surface area contributed by atoms with Gasteiger partial charge in [0.2, 0.25) is 5.91 Å². The molecule has 3 nitrogen and oxygen atoms in total. The van der Waals surface area contributed by atoms with Crippen molar-refractivity contribution in [2.75, 3.05) is 11.2 Å². The van der Waals surface area contributed by atoms with Gasteiger partial charge in [0.25, 0.3) is 0 Å². The minimum absolute atomic E-state index is 0.123. The molecule has 1 heterocycles. The number of rotatable bonds is 3. The number of alkyl halides is 1. The van der Waals surface area contributed by atoms with Crippen molar-refractivity contribution >= 4 is 33.8 Å². The van der Waals surface area contributed by atoms with Crippen LogP contribution in [0.25, 0.3) is 10.4 Å². The normalized spacial score (nSPS) is 9.95. The second-order valence-electron chi connectivity index (χ2n) is 3.92. The Bertz CT molecular complexity index is 643. The maximum absolute atomic E-state index is 11.4. The number of thiophene rings is 1. The predicted molar refractivity (Wildman–Crippen MR) is 78.6 cm³/mol. The highest BCUT2D eigenvalue weighted by atomic mass is 35.5. The average molecular weight is 291 g/mol. The molecule has 1 aromatic carbocycles. The number of nitrogens with zero attached hydrogens (tertiary/aromatic N) is 1. The summed E-state index contributed by atoms with van der Waals surface area (Å²) in [5.41, 5.74) is 2.42. The summed E-state index contributed by atoms with van der Waals surface area (Å²) in [7, 11) is 0. The third-order valence-electron chi connectivity index (χ3n) is 2.67. The number of benzene rings is 1. The first-order valence-corrected chi connectivity index (χ1v) is 6.97. The molecule has 1 amide bonds. The molecule has 2 rings (SSSR count). The molecule has 0 saturated heterocycles.